The Morgan fingerprint density at radius 2 is 2.00 bits per heavy atom. The topological polar surface area (TPSA) is 0 Å². The Labute approximate surface area is 72.9 Å². The largest absolute Gasteiger partial charge is 0.129 e. The van der Waals surface area contributed by atoms with E-state index in [1.165, 1.54) is 18.3 Å². The molecule has 11 heavy (non-hydrogen) atoms. The first-order chi connectivity index (χ1) is 5.47. The van der Waals surface area contributed by atoms with Crippen molar-refractivity contribution in [1.29, 1.82) is 0 Å². The Bertz CT molecular complexity index is 216. The molecule has 1 fully saturated rings. The van der Waals surface area contributed by atoms with E-state index in [1.54, 1.807) is 5.30 Å². The number of rotatable bonds is 1. The highest BCUT2D eigenvalue weighted by molar-refractivity contribution is 8.58. The smallest absolute Gasteiger partial charge is 0.00187 e. The van der Waals surface area contributed by atoms with Crippen LogP contribution in [0.2, 0.25) is 0 Å². The van der Waals surface area contributed by atoms with Gasteiger partial charge >= 0.3 is 0 Å². The van der Waals surface area contributed by atoms with Crippen LogP contribution in [0.5, 0.6) is 0 Å². The molecule has 2 heteroatoms. The molecule has 2 rings (SSSR count). The fourth-order valence-electron chi connectivity index (χ4n) is 1.25. The molecule has 1 aliphatic heterocycles. The van der Waals surface area contributed by atoms with E-state index in [9.17, 15) is 0 Å². The fraction of sp³-hybridized carbons (Fsp3) is 0.333. The summed E-state index contributed by atoms with van der Waals surface area (Å²) in [5.74, 6) is 1.38. The van der Waals surface area contributed by atoms with Crippen LogP contribution in [-0.2, 0) is 0 Å². The summed E-state index contributed by atoms with van der Waals surface area (Å²) < 4.78 is 0. The highest BCUT2D eigenvalue weighted by atomic mass is 32.7. The highest BCUT2D eigenvalue weighted by Gasteiger charge is 2.16. The van der Waals surface area contributed by atoms with E-state index in [-0.39, 0.29) is 7.12 Å². The zero-order chi connectivity index (χ0) is 7.52. The summed E-state index contributed by atoms with van der Waals surface area (Å²) in [6, 6.07) is 10.9. The van der Waals surface area contributed by atoms with Crippen LogP contribution in [0, 0.1) is 0 Å². The van der Waals surface area contributed by atoms with Crippen molar-refractivity contribution in [2.24, 2.45) is 0 Å². The average Bonchev–Trinajstić information content (AvgIpc) is 2.58. The van der Waals surface area contributed by atoms with Gasteiger partial charge in [0.2, 0.25) is 0 Å². The SMILES string of the molecule is c1ccc(P2CCCS2)cc1. The molecular weight excluding hydrogens is 171 g/mol. The molecule has 1 unspecified atom stereocenters. The molecule has 0 bridgehead atoms. The summed E-state index contributed by atoms with van der Waals surface area (Å²) in [4.78, 5) is 0. The Hall–Kier alpha value is -0.0000000000000000555. The minimum atomic E-state index is 0.176. The third-order valence-corrected chi connectivity index (χ3v) is 6.84. The lowest BCUT2D eigenvalue weighted by molar-refractivity contribution is 1.14. The van der Waals surface area contributed by atoms with Crippen molar-refractivity contribution in [2.75, 3.05) is 11.9 Å². The predicted molar refractivity (Wildman–Crippen MR) is 54.9 cm³/mol. The Morgan fingerprint density at radius 3 is 2.64 bits per heavy atom. The van der Waals surface area contributed by atoms with Crippen LogP contribution in [0.25, 0.3) is 0 Å². The highest BCUT2D eigenvalue weighted by Crippen LogP contribution is 2.54. The molecule has 1 heterocycles. The molecule has 0 radical (unpaired) electrons. The second-order valence-corrected chi connectivity index (χ2v) is 7.11. The van der Waals surface area contributed by atoms with Crippen LogP contribution in [0.4, 0.5) is 0 Å². The molecule has 1 aromatic rings. The van der Waals surface area contributed by atoms with Crippen molar-refractivity contribution < 1.29 is 0 Å². The van der Waals surface area contributed by atoms with Gasteiger partial charge in [-0.05, 0) is 30.8 Å². The van der Waals surface area contributed by atoms with Gasteiger partial charge in [-0.1, -0.05) is 30.3 Å². The molecule has 1 aliphatic rings. The summed E-state index contributed by atoms with van der Waals surface area (Å²) in [7, 11) is 0.176. The van der Waals surface area contributed by atoms with E-state index >= 15 is 0 Å². The van der Waals surface area contributed by atoms with Crippen LogP contribution in [0.1, 0.15) is 6.42 Å². The molecular formula is C9H11PS. The van der Waals surface area contributed by atoms with Crippen LogP contribution < -0.4 is 5.30 Å². The fourth-order valence-corrected chi connectivity index (χ4v) is 6.07. The third-order valence-electron chi connectivity index (χ3n) is 1.80. The first kappa shape index (κ1) is 7.64. The van der Waals surface area contributed by atoms with Crippen molar-refractivity contribution in [3.05, 3.63) is 30.3 Å². The van der Waals surface area contributed by atoms with Crippen molar-refractivity contribution >= 4 is 23.8 Å². The normalized spacial score (nSPS) is 23.8. The zero-order valence-electron chi connectivity index (χ0n) is 6.36. The molecule has 1 aromatic carbocycles. The van der Waals surface area contributed by atoms with E-state index in [0.29, 0.717) is 0 Å². The second kappa shape index (κ2) is 3.60. The van der Waals surface area contributed by atoms with Gasteiger partial charge in [0, 0.05) is 0 Å². The van der Waals surface area contributed by atoms with E-state index in [2.05, 4.69) is 41.7 Å². The van der Waals surface area contributed by atoms with Gasteiger partial charge in [0.15, 0.2) is 0 Å². The molecule has 0 spiro atoms. The monoisotopic (exact) mass is 182 g/mol. The van der Waals surface area contributed by atoms with Gasteiger partial charge < -0.3 is 0 Å². The lowest BCUT2D eigenvalue weighted by atomic mass is 10.4. The Balaban J connectivity index is 2.16. The summed E-state index contributed by atoms with van der Waals surface area (Å²) in [6.07, 6.45) is 2.86. The van der Waals surface area contributed by atoms with Gasteiger partial charge in [-0.3, -0.25) is 0 Å². The van der Waals surface area contributed by atoms with Gasteiger partial charge in [0.25, 0.3) is 0 Å². The maximum atomic E-state index is 2.27. The standard InChI is InChI=1S/C9H11PS/c1-2-5-9(6-3-1)10-7-4-8-11-10/h1-3,5-6H,4,7-8H2. The second-order valence-electron chi connectivity index (χ2n) is 2.62. The van der Waals surface area contributed by atoms with Gasteiger partial charge in [0.05, 0.1) is 0 Å². The van der Waals surface area contributed by atoms with Crippen LogP contribution in [-0.4, -0.2) is 11.9 Å². The number of hydrogen-bond acceptors (Lipinski definition) is 1. The van der Waals surface area contributed by atoms with Gasteiger partial charge in [0.1, 0.15) is 0 Å². The van der Waals surface area contributed by atoms with Crippen molar-refractivity contribution in [2.45, 2.75) is 6.42 Å². The minimum Gasteiger partial charge on any atom is -0.129 e. The lowest BCUT2D eigenvalue weighted by Gasteiger charge is -2.07. The molecule has 1 atom stereocenters. The maximum absolute atomic E-state index is 2.27. The lowest BCUT2D eigenvalue weighted by Crippen LogP contribution is -1.95. The summed E-state index contributed by atoms with van der Waals surface area (Å²) in [5, 5.41) is 1.57. The molecule has 0 aromatic heterocycles. The molecule has 0 aliphatic carbocycles. The first-order valence-corrected chi connectivity index (χ1v) is 7.04. The van der Waals surface area contributed by atoms with E-state index in [4.69, 9.17) is 0 Å². The van der Waals surface area contributed by atoms with Crippen LogP contribution in [0.15, 0.2) is 30.3 Å². The Morgan fingerprint density at radius 1 is 1.18 bits per heavy atom. The van der Waals surface area contributed by atoms with Gasteiger partial charge in [-0.2, -0.15) is 0 Å². The molecule has 0 nitrogen and oxygen atoms in total. The first-order valence-electron chi connectivity index (χ1n) is 3.92. The minimum absolute atomic E-state index is 0.176. The zero-order valence-corrected chi connectivity index (χ0v) is 8.07. The van der Waals surface area contributed by atoms with E-state index < -0.39 is 0 Å². The summed E-state index contributed by atoms with van der Waals surface area (Å²) in [6.45, 7) is 0. The van der Waals surface area contributed by atoms with Crippen molar-refractivity contribution in [1.82, 2.24) is 0 Å². The predicted octanol–water partition coefficient (Wildman–Crippen LogP) is 2.85. The van der Waals surface area contributed by atoms with E-state index in [1.807, 2.05) is 0 Å². The quantitative estimate of drug-likeness (QED) is 0.602. The van der Waals surface area contributed by atoms with Gasteiger partial charge in [-0.15, -0.1) is 11.4 Å². The van der Waals surface area contributed by atoms with Crippen LogP contribution >= 0.6 is 18.5 Å². The van der Waals surface area contributed by atoms with Gasteiger partial charge in [-0.25, -0.2) is 0 Å². The Kier molecular flexibility index (Phi) is 2.50. The maximum Gasteiger partial charge on any atom is -0.00187 e. The molecule has 0 N–H and O–H groups in total. The molecule has 1 saturated heterocycles. The third kappa shape index (κ3) is 1.77. The molecule has 0 amide bonds. The summed E-state index contributed by atoms with van der Waals surface area (Å²) in [5.41, 5.74) is 0. The average molecular weight is 182 g/mol. The van der Waals surface area contributed by atoms with E-state index in [0.717, 1.165) is 0 Å². The number of hydrogen-bond donors (Lipinski definition) is 0. The van der Waals surface area contributed by atoms with Crippen molar-refractivity contribution in [3.63, 3.8) is 0 Å². The van der Waals surface area contributed by atoms with Crippen LogP contribution in [0.3, 0.4) is 0 Å². The van der Waals surface area contributed by atoms with Crippen molar-refractivity contribution in [3.8, 4) is 0 Å². The molecule has 0 saturated carbocycles. The number of benzene rings is 1. The summed E-state index contributed by atoms with van der Waals surface area (Å²) >= 11 is 2.16. The molecule has 58 valence electrons.